The van der Waals surface area contributed by atoms with Gasteiger partial charge in [0.15, 0.2) is 0 Å². The monoisotopic (exact) mass is 791 g/mol. The summed E-state index contributed by atoms with van der Waals surface area (Å²) in [4.78, 5) is 2.29. The second-order valence-corrected chi connectivity index (χ2v) is 16.8. The van der Waals surface area contributed by atoms with E-state index in [9.17, 15) is 10.5 Å². The molecule has 0 unspecified atom stereocenters. The Kier molecular flexibility index (Phi) is 7.64. The van der Waals surface area contributed by atoms with Crippen molar-refractivity contribution >= 4 is 71.4 Å². The summed E-state index contributed by atoms with van der Waals surface area (Å²) in [5, 5.41) is 28.9. The zero-order valence-electron chi connectivity index (χ0n) is 34.1. The Balaban J connectivity index is 1.15. The minimum atomic E-state index is -0.215. The maximum absolute atomic E-state index is 11.2. The minimum absolute atomic E-state index is 0.215. The SMILES string of the molecule is CC1(C)c2ccccc2-c2cc3c(cc21)c1cc(N(c2ccccc2)c2ccccc2)ccc1n3-c1cc(C#N)c(-n2c3ccccc3c3c4ccccc4ccc32)cc1C#N. The van der Waals surface area contributed by atoms with Crippen molar-refractivity contribution in [2.24, 2.45) is 0 Å². The third-order valence-corrected chi connectivity index (χ3v) is 13.1. The highest BCUT2D eigenvalue weighted by Crippen LogP contribution is 2.52. The van der Waals surface area contributed by atoms with Crippen molar-refractivity contribution in [3.8, 4) is 34.6 Å². The van der Waals surface area contributed by atoms with Crippen LogP contribution in [0.1, 0.15) is 36.1 Å². The molecule has 0 radical (unpaired) electrons. The van der Waals surface area contributed by atoms with Crippen LogP contribution in [0.15, 0.2) is 188 Å². The molecule has 0 aliphatic heterocycles. The van der Waals surface area contributed by atoms with Gasteiger partial charge in [-0.1, -0.05) is 123 Å². The van der Waals surface area contributed by atoms with Crippen LogP contribution in [0.5, 0.6) is 0 Å². The Bertz CT molecular complexity index is 3700. The second kappa shape index (κ2) is 13.3. The normalized spacial score (nSPS) is 12.8. The van der Waals surface area contributed by atoms with Crippen molar-refractivity contribution < 1.29 is 0 Å². The molecule has 1 aliphatic rings. The lowest BCUT2D eigenvalue weighted by Gasteiger charge is -2.25. The summed E-state index contributed by atoms with van der Waals surface area (Å²) in [5.41, 5.74) is 14.1. The van der Waals surface area contributed by atoms with Crippen molar-refractivity contribution in [2.45, 2.75) is 19.3 Å². The standard InChI is InChI=1S/C57H37N5/c1-57(2)48-23-13-11-21-43(48)45-33-55-47(32-49(45)57)46-31-41(60(39-16-5-3-6-17-39)40-18-7-4-8-19-40)26-28-51(46)62(55)54-30-37(34-58)53(29-38(54)35-59)61-50-24-14-12-22-44(50)56-42-20-10-9-15-36(42)25-27-52(56)61/h3-33H,1-2H3. The quantitative estimate of drug-likeness (QED) is 0.174. The molecule has 9 aromatic carbocycles. The van der Waals surface area contributed by atoms with E-state index in [4.69, 9.17) is 0 Å². The molecule has 11 aromatic rings. The number of para-hydroxylation sites is 3. The molecule has 0 atom stereocenters. The predicted molar refractivity (Wildman–Crippen MR) is 254 cm³/mol. The number of hydrogen-bond acceptors (Lipinski definition) is 3. The Hall–Kier alpha value is -8.38. The summed E-state index contributed by atoms with van der Waals surface area (Å²) in [6.07, 6.45) is 0. The smallest absolute Gasteiger partial charge is 0.101 e. The lowest BCUT2D eigenvalue weighted by atomic mass is 9.82. The number of nitrogens with zero attached hydrogens (tertiary/aromatic N) is 5. The van der Waals surface area contributed by atoms with Gasteiger partial charge in [-0.25, -0.2) is 0 Å². The fraction of sp³-hybridized carbons (Fsp3) is 0.0526. The number of rotatable bonds is 5. The van der Waals surface area contributed by atoms with Crippen LogP contribution in [0.4, 0.5) is 17.1 Å². The number of fused-ring (bicyclic) bond motifs is 11. The average Bonchev–Trinajstić information content (AvgIpc) is 3.91. The molecule has 0 bridgehead atoms. The number of nitriles is 2. The minimum Gasteiger partial charge on any atom is -0.310 e. The molecule has 0 saturated carbocycles. The molecule has 2 heterocycles. The summed E-state index contributed by atoms with van der Waals surface area (Å²) in [6.45, 7) is 4.62. The number of anilines is 3. The molecule has 0 saturated heterocycles. The highest BCUT2D eigenvalue weighted by atomic mass is 15.1. The molecule has 5 heteroatoms. The number of hydrogen-bond donors (Lipinski definition) is 0. The Labute approximate surface area is 358 Å². The largest absolute Gasteiger partial charge is 0.310 e. The van der Waals surface area contributed by atoms with E-state index in [0.29, 0.717) is 22.5 Å². The van der Waals surface area contributed by atoms with E-state index in [2.05, 4.69) is 198 Å². The topological polar surface area (TPSA) is 60.7 Å². The summed E-state index contributed by atoms with van der Waals surface area (Å²) in [6, 6.07) is 71.0. The van der Waals surface area contributed by atoms with Gasteiger partial charge in [0.1, 0.15) is 12.1 Å². The van der Waals surface area contributed by atoms with Crippen LogP contribution in [0.3, 0.4) is 0 Å². The molecular formula is C57H37N5. The maximum Gasteiger partial charge on any atom is 0.101 e. The molecule has 290 valence electrons. The van der Waals surface area contributed by atoms with E-state index < -0.39 is 0 Å². The van der Waals surface area contributed by atoms with Crippen LogP contribution in [0.2, 0.25) is 0 Å². The number of benzene rings is 9. The van der Waals surface area contributed by atoms with Gasteiger partial charge in [0, 0.05) is 44.0 Å². The van der Waals surface area contributed by atoms with Crippen molar-refractivity contribution in [1.82, 2.24) is 9.13 Å². The van der Waals surface area contributed by atoms with Gasteiger partial charge in [-0.2, -0.15) is 10.5 Å². The summed E-state index contributed by atoms with van der Waals surface area (Å²) >= 11 is 0. The third-order valence-electron chi connectivity index (χ3n) is 13.1. The summed E-state index contributed by atoms with van der Waals surface area (Å²) < 4.78 is 4.37. The average molecular weight is 792 g/mol. The van der Waals surface area contributed by atoms with E-state index in [-0.39, 0.29) is 5.41 Å². The maximum atomic E-state index is 11.2. The molecule has 0 N–H and O–H groups in total. The Morgan fingerprint density at radius 1 is 0.419 bits per heavy atom. The molecule has 0 spiro atoms. The molecule has 1 aliphatic carbocycles. The van der Waals surface area contributed by atoms with E-state index in [1.165, 1.54) is 22.3 Å². The van der Waals surface area contributed by atoms with Gasteiger partial charge >= 0.3 is 0 Å². The van der Waals surface area contributed by atoms with Crippen LogP contribution in [0.25, 0.3) is 76.9 Å². The van der Waals surface area contributed by atoms with Crippen molar-refractivity contribution in [2.75, 3.05) is 4.90 Å². The molecule has 12 rings (SSSR count). The van der Waals surface area contributed by atoms with E-state index in [1.807, 2.05) is 30.3 Å². The fourth-order valence-electron chi connectivity index (χ4n) is 10.3. The zero-order valence-corrected chi connectivity index (χ0v) is 34.1. The van der Waals surface area contributed by atoms with Gasteiger partial charge in [-0.15, -0.1) is 0 Å². The van der Waals surface area contributed by atoms with Gasteiger partial charge in [0.2, 0.25) is 0 Å². The second-order valence-electron chi connectivity index (χ2n) is 16.8. The first kappa shape index (κ1) is 35.6. The lowest BCUT2D eigenvalue weighted by molar-refractivity contribution is 0.661. The zero-order chi connectivity index (χ0) is 41.7. The van der Waals surface area contributed by atoms with Crippen molar-refractivity contribution in [3.63, 3.8) is 0 Å². The fourth-order valence-corrected chi connectivity index (χ4v) is 10.3. The molecule has 0 amide bonds. The van der Waals surface area contributed by atoms with Crippen LogP contribution in [-0.4, -0.2) is 9.13 Å². The Morgan fingerprint density at radius 3 is 1.69 bits per heavy atom. The predicted octanol–water partition coefficient (Wildman–Crippen LogP) is 14.6. The molecule has 0 fully saturated rings. The highest BCUT2D eigenvalue weighted by molar-refractivity contribution is 6.21. The van der Waals surface area contributed by atoms with Crippen LogP contribution >= 0.6 is 0 Å². The van der Waals surface area contributed by atoms with E-state index in [0.717, 1.165) is 71.4 Å². The van der Waals surface area contributed by atoms with E-state index >= 15 is 0 Å². The lowest BCUT2D eigenvalue weighted by Crippen LogP contribution is -2.14. The summed E-state index contributed by atoms with van der Waals surface area (Å²) in [7, 11) is 0. The first-order valence-corrected chi connectivity index (χ1v) is 21.0. The molecular weight excluding hydrogens is 755 g/mol. The molecule has 5 nitrogen and oxygen atoms in total. The van der Waals surface area contributed by atoms with Crippen LogP contribution in [-0.2, 0) is 5.41 Å². The van der Waals surface area contributed by atoms with Crippen molar-refractivity contribution in [3.05, 3.63) is 210 Å². The summed E-state index contributed by atoms with van der Waals surface area (Å²) in [5.74, 6) is 0. The van der Waals surface area contributed by atoms with Gasteiger partial charge in [-0.05, 0) is 112 Å². The van der Waals surface area contributed by atoms with Gasteiger partial charge in [0.05, 0.1) is 44.6 Å². The first-order chi connectivity index (χ1) is 30.4. The molecule has 2 aromatic heterocycles. The highest BCUT2D eigenvalue weighted by Gasteiger charge is 2.36. The van der Waals surface area contributed by atoms with E-state index in [1.54, 1.807) is 0 Å². The van der Waals surface area contributed by atoms with Crippen LogP contribution in [0, 0.1) is 22.7 Å². The Morgan fingerprint density at radius 2 is 0.984 bits per heavy atom. The first-order valence-electron chi connectivity index (χ1n) is 21.0. The third kappa shape index (κ3) is 5.00. The van der Waals surface area contributed by atoms with Crippen LogP contribution < -0.4 is 4.90 Å². The van der Waals surface area contributed by atoms with Gasteiger partial charge in [-0.3, -0.25) is 0 Å². The number of aromatic nitrogens is 2. The molecule has 62 heavy (non-hydrogen) atoms. The van der Waals surface area contributed by atoms with Gasteiger partial charge < -0.3 is 14.0 Å². The van der Waals surface area contributed by atoms with Crippen molar-refractivity contribution in [1.29, 1.82) is 10.5 Å². The van der Waals surface area contributed by atoms with Gasteiger partial charge in [0.25, 0.3) is 0 Å².